The Balaban J connectivity index is 1.96. The summed E-state index contributed by atoms with van der Waals surface area (Å²) in [4.78, 5) is 10.9. The van der Waals surface area contributed by atoms with Crippen LogP contribution < -0.4 is 0 Å². The minimum absolute atomic E-state index is 0.467. The minimum atomic E-state index is 0.467. The lowest BCUT2D eigenvalue weighted by Gasteiger charge is -2.33. The van der Waals surface area contributed by atoms with E-state index in [9.17, 15) is 0 Å². The second kappa shape index (κ2) is 6.31. The standard InChI is InChI=1S/C13H20ClN3/c1-2-17(12-6-4-3-5-7-12)10-11-8-16-13(14)9-15-11/h8-9,12H,2-7,10H2,1H3. The van der Waals surface area contributed by atoms with E-state index >= 15 is 0 Å². The minimum Gasteiger partial charge on any atom is -0.295 e. The maximum absolute atomic E-state index is 5.74. The number of hydrogen-bond donors (Lipinski definition) is 0. The van der Waals surface area contributed by atoms with Crippen LogP contribution in [-0.2, 0) is 6.54 Å². The van der Waals surface area contributed by atoms with Crippen LogP contribution in [0.3, 0.4) is 0 Å². The maximum atomic E-state index is 5.74. The van der Waals surface area contributed by atoms with Crippen molar-refractivity contribution in [3.63, 3.8) is 0 Å². The molecule has 1 heterocycles. The fraction of sp³-hybridized carbons (Fsp3) is 0.692. The van der Waals surface area contributed by atoms with Gasteiger partial charge in [0.1, 0.15) is 5.15 Å². The summed E-state index contributed by atoms with van der Waals surface area (Å²) < 4.78 is 0. The predicted octanol–water partition coefficient (Wildman–Crippen LogP) is 3.28. The van der Waals surface area contributed by atoms with Gasteiger partial charge in [0, 0.05) is 12.6 Å². The van der Waals surface area contributed by atoms with Gasteiger partial charge in [0.2, 0.25) is 0 Å². The van der Waals surface area contributed by atoms with E-state index in [0.29, 0.717) is 5.15 Å². The molecule has 2 rings (SSSR count). The first-order valence-corrected chi connectivity index (χ1v) is 6.88. The monoisotopic (exact) mass is 253 g/mol. The zero-order valence-corrected chi connectivity index (χ0v) is 11.2. The van der Waals surface area contributed by atoms with Crippen molar-refractivity contribution in [2.75, 3.05) is 6.54 Å². The summed E-state index contributed by atoms with van der Waals surface area (Å²) in [5.41, 5.74) is 1.02. The van der Waals surface area contributed by atoms with Crippen molar-refractivity contribution >= 4 is 11.6 Å². The zero-order valence-electron chi connectivity index (χ0n) is 10.4. The average molecular weight is 254 g/mol. The molecule has 0 atom stereocenters. The Morgan fingerprint density at radius 1 is 1.24 bits per heavy atom. The van der Waals surface area contributed by atoms with E-state index < -0.39 is 0 Å². The van der Waals surface area contributed by atoms with Crippen LogP contribution in [0, 0.1) is 0 Å². The van der Waals surface area contributed by atoms with Crippen molar-refractivity contribution < 1.29 is 0 Å². The van der Waals surface area contributed by atoms with Gasteiger partial charge < -0.3 is 0 Å². The van der Waals surface area contributed by atoms with Gasteiger partial charge in [-0.05, 0) is 19.4 Å². The second-order valence-corrected chi connectivity index (χ2v) is 5.07. The van der Waals surface area contributed by atoms with Crippen molar-refractivity contribution in [2.45, 2.75) is 51.6 Å². The molecule has 17 heavy (non-hydrogen) atoms. The Kier molecular flexibility index (Phi) is 4.75. The summed E-state index contributed by atoms with van der Waals surface area (Å²) in [6.07, 6.45) is 10.2. The van der Waals surface area contributed by atoms with Crippen LogP contribution in [0.25, 0.3) is 0 Å². The molecule has 0 amide bonds. The topological polar surface area (TPSA) is 29.0 Å². The smallest absolute Gasteiger partial charge is 0.147 e. The molecule has 0 radical (unpaired) electrons. The third-order valence-electron chi connectivity index (χ3n) is 3.54. The highest BCUT2D eigenvalue weighted by Crippen LogP contribution is 2.23. The molecule has 1 aliphatic rings. The predicted molar refractivity (Wildman–Crippen MR) is 70.0 cm³/mol. The Morgan fingerprint density at radius 2 is 2.00 bits per heavy atom. The molecular weight excluding hydrogens is 234 g/mol. The van der Waals surface area contributed by atoms with Gasteiger partial charge in [-0.3, -0.25) is 9.88 Å². The largest absolute Gasteiger partial charge is 0.295 e. The van der Waals surface area contributed by atoms with Gasteiger partial charge in [-0.15, -0.1) is 0 Å². The summed E-state index contributed by atoms with van der Waals surface area (Å²) in [5.74, 6) is 0. The molecule has 0 bridgehead atoms. The van der Waals surface area contributed by atoms with Crippen molar-refractivity contribution in [3.05, 3.63) is 23.2 Å². The Morgan fingerprint density at radius 3 is 2.59 bits per heavy atom. The van der Waals surface area contributed by atoms with Gasteiger partial charge in [-0.1, -0.05) is 37.8 Å². The molecule has 1 aliphatic carbocycles. The highest BCUT2D eigenvalue weighted by atomic mass is 35.5. The highest BCUT2D eigenvalue weighted by Gasteiger charge is 2.20. The third kappa shape index (κ3) is 3.65. The summed E-state index contributed by atoms with van der Waals surface area (Å²) in [6, 6.07) is 0.728. The van der Waals surface area contributed by atoms with Crippen LogP contribution in [-0.4, -0.2) is 27.5 Å². The molecule has 94 valence electrons. The molecule has 0 spiro atoms. The number of hydrogen-bond acceptors (Lipinski definition) is 3. The summed E-state index contributed by atoms with van der Waals surface area (Å²) in [6.45, 7) is 4.19. The molecule has 1 aromatic heterocycles. The first-order valence-electron chi connectivity index (χ1n) is 6.50. The van der Waals surface area contributed by atoms with Gasteiger partial charge in [-0.25, -0.2) is 4.98 Å². The van der Waals surface area contributed by atoms with Gasteiger partial charge >= 0.3 is 0 Å². The molecular formula is C13H20ClN3. The first-order chi connectivity index (χ1) is 8.29. The van der Waals surface area contributed by atoms with E-state index in [1.165, 1.54) is 32.1 Å². The SMILES string of the molecule is CCN(Cc1cnc(Cl)cn1)C1CCCCC1. The highest BCUT2D eigenvalue weighted by molar-refractivity contribution is 6.29. The molecule has 0 saturated heterocycles. The number of halogens is 1. The fourth-order valence-corrected chi connectivity index (χ4v) is 2.67. The lowest BCUT2D eigenvalue weighted by atomic mass is 9.94. The van der Waals surface area contributed by atoms with Crippen LogP contribution in [0.1, 0.15) is 44.7 Å². The maximum Gasteiger partial charge on any atom is 0.147 e. The summed E-state index contributed by atoms with van der Waals surface area (Å²) in [5, 5.41) is 0.467. The number of nitrogens with zero attached hydrogens (tertiary/aromatic N) is 3. The molecule has 4 heteroatoms. The normalized spacial score (nSPS) is 17.6. The zero-order chi connectivity index (χ0) is 12.1. The Hall–Kier alpha value is -0.670. The first kappa shape index (κ1) is 12.8. The van der Waals surface area contributed by atoms with E-state index in [4.69, 9.17) is 11.6 Å². The quantitative estimate of drug-likeness (QED) is 0.825. The van der Waals surface area contributed by atoms with Gasteiger partial charge in [0.05, 0.1) is 18.1 Å². The van der Waals surface area contributed by atoms with Crippen molar-refractivity contribution in [1.29, 1.82) is 0 Å². The van der Waals surface area contributed by atoms with E-state index in [1.807, 2.05) is 0 Å². The van der Waals surface area contributed by atoms with Gasteiger partial charge in [-0.2, -0.15) is 0 Å². The molecule has 1 aromatic rings. The average Bonchev–Trinajstić information content (AvgIpc) is 2.39. The van der Waals surface area contributed by atoms with E-state index in [-0.39, 0.29) is 0 Å². The van der Waals surface area contributed by atoms with Crippen LogP contribution in [0.5, 0.6) is 0 Å². The fourth-order valence-electron chi connectivity index (χ4n) is 2.57. The Labute approximate surface area is 108 Å². The van der Waals surface area contributed by atoms with Gasteiger partial charge in [0.15, 0.2) is 0 Å². The molecule has 0 aromatic carbocycles. The molecule has 0 aliphatic heterocycles. The van der Waals surface area contributed by atoms with Crippen LogP contribution in [0.15, 0.2) is 12.4 Å². The van der Waals surface area contributed by atoms with Crippen LogP contribution in [0.4, 0.5) is 0 Å². The summed E-state index contributed by atoms with van der Waals surface area (Å²) in [7, 11) is 0. The van der Waals surface area contributed by atoms with Crippen molar-refractivity contribution in [1.82, 2.24) is 14.9 Å². The molecule has 0 unspecified atom stereocenters. The molecule has 0 N–H and O–H groups in total. The molecule has 3 nitrogen and oxygen atoms in total. The summed E-state index contributed by atoms with van der Waals surface area (Å²) >= 11 is 5.74. The van der Waals surface area contributed by atoms with E-state index in [1.54, 1.807) is 12.4 Å². The number of rotatable bonds is 4. The second-order valence-electron chi connectivity index (χ2n) is 4.69. The van der Waals surface area contributed by atoms with Crippen LogP contribution in [0.2, 0.25) is 5.15 Å². The molecule has 1 saturated carbocycles. The van der Waals surface area contributed by atoms with Gasteiger partial charge in [0.25, 0.3) is 0 Å². The van der Waals surface area contributed by atoms with E-state index in [0.717, 1.165) is 24.8 Å². The Bertz CT molecular complexity index is 333. The molecule has 1 fully saturated rings. The number of aromatic nitrogens is 2. The van der Waals surface area contributed by atoms with Crippen molar-refractivity contribution in [2.24, 2.45) is 0 Å². The van der Waals surface area contributed by atoms with E-state index in [2.05, 4.69) is 21.8 Å². The third-order valence-corrected chi connectivity index (χ3v) is 3.73. The lowest BCUT2D eigenvalue weighted by Crippen LogP contribution is -2.36. The lowest BCUT2D eigenvalue weighted by molar-refractivity contribution is 0.154. The van der Waals surface area contributed by atoms with Crippen LogP contribution >= 0.6 is 11.6 Å². The van der Waals surface area contributed by atoms with Crippen molar-refractivity contribution in [3.8, 4) is 0 Å².